The first kappa shape index (κ1) is 47.0. The van der Waals surface area contributed by atoms with Gasteiger partial charge in [0.05, 0.1) is 30.0 Å². The van der Waals surface area contributed by atoms with Gasteiger partial charge in [-0.1, -0.05) is 45.0 Å². The maximum atomic E-state index is 16.9. The number of hydrogen-bond acceptors (Lipinski definition) is 14. The number of aliphatic hydroxyl groups is 1. The predicted molar refractivity (Wildman–Crippen MR) is 219 cm³/mol. The van der Waals surface area contributed by atoms with E-state index in [0.717, 1.165) is 12.5 Å². The number of anilines is 1. The van der Waals surface area contributed by atoms with Gasteiger partial charge < -0.3 is 44.3 Å². The minimum absolute atomic E-state index is 0.0111. The van der Waals surface area contributed by atoms with Crippen LogP contribution in [0.25, 0.3) is 11.3 Å². The van der Waals surface area contributed by atoms with Gasteiger partial charge in [-0.05, 0) is 86.0 Å². The van der Waals surface area contributed by atoms with Crippen molar-refractivity contribution in [3.05, 3.63) is 30.5 Å². The largest absolute Gasteiger partial charge is 0.455 e. The number of aryl methyl sites for hydroxylation is 1. The number of ketones is 2. The summed E-state index contributed by atoms with van der Waals surface area (Å²) in [6.45, 7) is 13.1. The molecule has 17 heteroatoms. The van der Waals surface area contributed by atoms with Gasteiger partial charge in [0.15, 0.2) is 17.7 Å². The van der Waals surface area contributed by atoms with Crippen LogP contribution < -0.4 is 5.73 Å². The van der Waals surface area contributed by atoms with Crippen LogP contribution in [0, 0.1) is 17.8 Å². The molecule has 60 heavy (non-hydrogen) atoms. The van der Waals surface area contributed by atoms with Crippen LogP contribution in [0.3, 0.4) is 0 Å². The third-order valence-electron chi connectivity index (χ3n) is 12.9. The summed E-state index contributed by atoms with van der Waals surface area (Å²) in [4.78, 5) is 60.1. The van der Waals surface area contributed by atoms with Crippen molar-refractivity contribution in [2.75, 3.05) is 33.5 Å². The van der Waals surface area contributed by atoms with E-state index in [-0.39, 0.29) is 37.3 Å². The van der Waals surface area contributed by atoms with Gasteiger partial charge in [0, 0.05) is 55.2 Å². The Kier molecular flexibility index (Phi) is 14.5. The molecule has 3 aliphatic rings. The lowest BCUT2D eigenvalue weighted by molar-refractivity contribution is -0.295. The smallest absolute Gasteiger partial charge is 0.410 e. The van der Waals surface area contributed by atoms with Gasteiger partial charge in [-0.25, -0.2) is 14.0 Å². The monoisotopic (exact) mass is 844 g/mol. The number of nitrogen functional groups attached to an aromatic ring is 1. The van der Waals surface area contributed by atoms with Crippen LogP contribution in [0.4, 0.5) is 14.9 Å². The number of benzene rings is 1. The first-order valence-corrected chi connectivity index (χ1v) is 21.0. The molecule has 0 bridgehead atoms. The molecule has 3 fully saturated rings. The summed E-state index contributed by atoms with van der Waals surface area (Å²) in [6.07, 6.45) is -2.57. The highest BCUT2D eigenvalue weighted by molar-refractivity contribution is 6.08. The molecule has 0 spiro atoms. The zero-order chi connectivity index (χ0) is 44.5. The van der Waals surface area contributed by atoms with Gasteiger partial charge in [0.2, 0.25) is 0 Å². The molecule has 3 saturated heterocycles. The van der Waals surface area contributed by atoms with Crippen LogP contribution in [-0.2, 0) is 44.6 Å². The summed E-state index contributed by atoms with van der Waals surface area (Å²) < 4.78 is 49.2. The number of ether oxygens (including phenoxy) is 5. The summed E-state index contributed by atoms with van der Waals surface area (Å²) in [5.74, 6) is -5.85. The van der Waals surface area contributed by atoms with Gasteiger partial charge >= 0.3 is 12.1 Å². The van der Waals surface area contributed by atoms with Crippen molar-refractivity contribution in [1.82, 2.24) is 24.8 Å². The number of Topliss-reactive ketones (excluding diaryl/α,β-unsaturated/α-hetero) is 2. The zero-order valence-corrected chi connectivity index (χ0v) is 36.9. The number of aliphatic hydroxyl groups excluding tert-OH is 1. The minimum atomic E-state index is -3.19. The number of aromatic nitrogens is 3. The molecule has 13 atom stereocenters. The summed E-state index contributed by atoms with van der Waals surface area (Å²) in [5, 5.41) is 19.9. The molecular weight excluding hydrogens is 780 g/mol. The minimum Gasteiger partial charge on any atom is -0.455 e. The standard InChI is InChI=1S/C43H65FN6O10/c1-12-32-43(8)35(50(40(55)60-43)19-14-13-18-49-23-30(46-47-49)28-16-15-17-29(45)21-28)26(4)33(51)24(2)22-41(6,56-11)37(27(5)36(53)42(7,44)39(54)58-32)59-38-34(52)31(48(9)10)20-25(3)57-38/h15-17,21,23-27,31-32,34-35,37-38,52H,12-14,18-20,22,45H2,1-11H3/t24-,25+,26-,27-,31-,32-,34-,35+,37-,38-,41+,42+,43-/m0/s1. The molecule has 16 nitrogen and oxygen atoms in total. The molecule has 0 aliphatic carbocycles. The molecular formula is C43H65FN6O10. The van der Waals surface area contributed by atoms with Gasteiger partial charge in [0.25, 0.3) is 5.67 Å². The van der Waals surface area contributed by atoms with Crippen LogP contribution in [-0.4, -0.2) is 141 Å². The van der Waals surface area contributed by atoms with Gasteiger partial charge in [-0.15, -0.1) is 5.10 Å². The molecule has 1 aromatic carbocycles. The van der Waals surface area contributed by atoms with E-state index in [1.165, 1.54) is 18.9 Å². The van der Waals surface area contributed by atoms with Crippen LogP contribution in [0.5, 0.6) is 0 Å². The second-order valence-electron chi connectivity index (χ2n) is 17.8. The first-order chi connectivity index (χ1) is 28.1. The van der Waals surface area contributed by atoms with E-state index in [0.29, 0.717) is 37.2 Å². The third-order valence-corrected chi connectivity index (χ3v) is 12.9. The number of hydrogen-bond donors (Lipinski definition) is 2. The Morgan fingerprint density at radius 2 is 1.73 bits per heavy atom. The highest BCUT2D eigenvalue weighted by Gasteiger charge is 2.61. The number of unbranched alkanes of at least 4 members (excludes halogenated alkanes) is 1. The predicted octanol–water partition coefficient (Wildman–Crippen LogP) is 4.60. The van der Waals surface area contributed by atoms with Crippen LogP contribution in [0.2, 0.25) is 0 Å². The maximum absolute atomic E-state index is 16.9. The normalized spacial score (nSPS) is 37.1. The van der Waals surface area contributed by atoms with E-state index in [2.05, 4.69) is 10.3 Å². The average Bonchev–Trinajstić information content (AvgIpc) is 3.78. The Labute approximate surface area is 352 Å². The molecule has 1 aromatic heterocycles. The molecule has 334 valence electrons. The number of alkyl halides is 1. The number of rotatable bonds is 11. The molecule has 0 radical (unpaired) electrons. The molecule has 0 saturated carbocycles. The van der Waals surface area contributed by atoms with E-state index in [1.54, 1.807) is 45.4 Å². The third kappa shape index (κ3) is 9.39. The Bertz CT molecular complexity index is 1860. The number of esters is 1. The number of fused-ring (bicyclic) bond motifs is 1. The van der Waals surface area contributed by atoms with Crippen molar-refractivity contribution in [1.29, 1.82) is 0 Å². The van der Waals surface area contributed by atoms with Crippen molar-refractivity contribution < 1.29 is 52.4 Å². The van der Waals surface area contributed by atoms with Crippen molar-refractivity contribution in [2.24, 2.45) is 17.8 Å². The number of nitrogens with zero attached hydrogens (tertiary/aromatic N) is 5. The van der Waals surface area contributed by atoms with Crippen LogP contribution in [0.1, 0.15) is 87.5 Å². The zero-order valence-electron chi connectivity index (χ0n) is 36.9. The molecule has 0 unspecified atom stereocenters. The van der Waals surface area contributed by atoms with Crippen molar-refractivity contribution in [2.45, 2.75) is 154 Å². The molecule has 3 N–H and O–H groups in total. The van der Waals surface area contributed by atoms with E-state index in [4.69, 9.17) is 29.4 Å². The van der Waals surface area contributed by atoms with E-state index < -0.39 is 83.1 Å². The van der Waals surface area contributed by atoms with Crippen molar-refractivity contribution >= 4 is 29.3 Å². The molecule has 5 rings (SSSR count). The summed E-state index contributed by atoms with van der Waals surface area (Å²) in [5.41, 5.74) is 1.80. The summed E-state index contributed by atoms with van der Waals surface area (Å²) in [6, 6.07) is 6.02. The number of likely N-dealkylation sites (N-methyl/N-ethyl adjacent to an activating group) is 1. The summed E-state index contributed by atoms with van der Waals surface area (Å²) in [7, 11) is 5.04. The highest BCUT2D eigenvalue weighted by Crippen LogP contribution is 2.44. The Morgan fingerprint density at radius 3 is 2.37 bits per heavy atom. The number of carbonyl (C=O) groups excluding carboxylic acids is 4. The van der Waals surface area contributed by atoms with Crippen molar-refractivity contribution in [3.63, 3.8) is 0 Å². The molecule has 4 heterocycles. The van der Waals surface area contributed by atoms with Gasteiger partial charge in [-0.3, -0.25) is 14.3 Å². The quantitative estimate of drug-likeness (QED) is 0.138. The number of carbonyl (C=O) groups is 4. The Balaban J connectivity index is 1.45. The van der Waals surface area contributed by atoms with Crippen LogP contribution >= 0.6 is 0 Å². The van der Waals surface area contributed by atoms with E-state index in [1.807, 2.05) is 50.3 Å². The topological polar surface area (TPSA) is 198 Å². The molecule has 3 aliphatic heterocycles. The highest BCUT2D eigenvalue weighted by atomic mass is 19.1. The van der Waals surface area contributed by atoms with Gasteiger partial charge in [0.1, 0.15) is 23.7 Å². The lowest BCUT2D eigenvalue weighted by Gasteiger charge is -2.47. The van der Waals surface area contributed by atoms with Crippen LogP contribution in [0.15, 0.2) is 30.5 Å². The maximum Gasteiger partial charge on any atom is 0.410 e. The molecule has 1 amide bonds. The number of methoxy groups -OCH3 is 1. The fourth-order valence-electron chi connectivity index (χ4n) is 9.51. The second-order valence-corrected chi connectivity index (χ2v) is 17.8. The fraction of sp³-hybridized carbons (Fsp3) is 0.721. The number of nitrogens with two attached hydrogens (primary N) is 1. The fourth-order valence-corrected chi connectivity index (χ4v) is 9.51. The first-order valence-electron chi connectivity index (χ1n) is 21.0. The Hall–Kier alpha value is -4.03. The van der Waals surface area contributed by atoms with Gasteiger partial charge in [-0.2, -0.15) is 0 Å². The molecule has 2 aromatic rings. The summed E-state index contributed by atoms with van der Waals surface area (Å²) >= 11 is 0. The number of cyclic esters (lactones) is 1. The second kappa shape index (κ2) is 18.5. The SMILES string of the molecule is CC[C@@H]1OC(=O)[C@](C)(F)C(=O)[C@H](C)[C@H](O[C@@H]2O[C@H](C)C[C@H](N(C)C)[C@@H]2O)[C@](C)(OC)C[C@H](C)C(=O)[C@H](C)[C@H]2N(CCCCn3cc(-c4cccc(N)c4)nn3)C(=O)O[C@@]12C. The van der Waals surface area contributed by atoms with E-state index >= 15 is 4.39 Å². The number of amides is 1. The average molecular weight is 845 g/mol. The number of halogens is 1. The van der Waals surface area contributed by atoms with Crippen molar-refractivity contribution in [3.8, 4) is 11.3 Å². The lowest BCUT2D eigenvalue weighted by Crippen LogP contribution is -2.61. The Morgan fingerprint density at radius 1 is 1.05 bits per heavy atom. The lowest BCUT2D eigenvalue weighted by atomic mass is 9.73. The van der Waals surface area contributed by atoms with E-state index in [9.17, 15) is 24.3 Å².